The van der Waals surface area contributed by atoms with Crippen LogP contribution in [0, 0.1) is 0 Å². The highest BCUT2D eigenvalue weighted by atomic mass is 16.5. The van der Waals surface area contributed by atoms with Crippen molar-refractivity contribution in [2.24, 2.45) is 0 Å². The SMILES string of the molecule is CCOC(=O)Nc1ccc(NCCNC(C)(C)C)cc1. The van der Waals surface area contributed by atoms with Crippen molar-refractivity contribution in [2.45, 2.75) is 33.2 Å². The number of benzene rings is 1. The van der Waals surface area contributed by atoms with E-state index < -0.39 is 6.09 Å². The van der Waals surface area contributed by atoms with Crippen LogP contribution in [-0.4, -0.2) is 31.3 Å². The molecule has 1 aromatic carbocycles. The van der Waals surface area contributed by atoms with Gasteiger partial charge in [-0.15, -0.1) is 0 Å². The molecule has 0 heterocycles. The number of hydrogen-bond donors (Lipinski definition) is 3. The minimum atomic E-state index is -0.428. The highest BCUT2D eigenvalue weighted by molar-refractivity contribution is 5.84. The average Bonchev–Trinajstić information content (AvgIpc) is 2.36. The Morgan fingerprint density at radius 1 is 1.10 bits per heavy atom. The maximum atomic E-state index is 11.2. The van der Waals surface area contributed by atoms with Crippen molar-refractivity contribution in [1.29, 1.82) is 0 Å². The number of rotatable bonds is 6. The topological polar surface area (TPSA) is 62.4 Å². The van der Waals surface area contributed by atoms with Gasteiger partial charge in [-0.1, -0.05) is 0 Å². The average molecular weight is 279 g/mol. The largest absolute Gasteiger partial charge is 0.450 e. The first-order chi connectivity index (χ1) is 9.40. The summed E-state index contributed by atoms with van der Waals surface area (Å²) in [7, 11) is 0. The lowest BCUT2D eigenvalue weighted by molar-refractivity contribution is 0.168. The molecule has 1 amide bonds. The molecular formula is C15H25N3O2. The Bertz CT molecular complexity index is 410. The summed E-state index contributed by atoms with van der Waals surface area (Å²) in [6.45, 7) is 10.3. The normalized spacial score (nSPS) is 11.0. The van der Waals surface area contributed by atoms with Crippen LogP contribution in [0.3, 0.4) is 0 Å². The fraction of sp³-hybridized carbons (Fsp3) is 0.533. The Labute approximate surface area is 121 Å². The molecular weight excluding hydrogens is 254 g/mol. The Hall–Kier alpha value is -1.75. The molecule has 0 aliphatic rings. The lowest BCUT2D eigenvalue weighted by Crippen LogP contribution is -2.38. The highest BCUT2D eigenvalue weighted by Crippen LogP contribution is 2.13. The molecule has 5 nitrogen and oxygen atoms in total. The first-order valence-electron chi connectivity index (χ1n) is 6.93. The van der Waals surface area contributed by atoms with Gasteiger partial charge in [0.05, 0.1) is 6.61 Å². The molecule has 1 aromatic rings. The fourth-order valence-corrected chi connectivity index (χ4v) is 1.60. The van der Waals surface area contributed by atoms with Gasteiger partial charge in [-0.25, -0.2) is 4.79 Å². The molecule has 5 heteroatoms. The van der Waals surface area contributed by atoms with Crippen LogP contribution in [0.5, 0.6) is 0 Å². The van der Waals surface area contributed by atoms with Gasteiger partial charge in [0.25, 0.3) is 0 Å². The van der Waals surface area contributed by atoms with Crippen LogP contribution < -0.4 is 16.0 Å². The van der Waals surface area contributed by atoms with Crippen LogP contribution in [0.1, 0.15) is 27.7 Å². The van der Waals surface area contributed by atoms with E-state index in [1.54, 1.807) is 6.92 Å². The molecule has 20 heavy (non-hydrogen) atoms. The fourth-order valence-electron chi connectivity index (χ4n) is 1.60. The third-order valence-electron chi connectivity index (χ3n) is 2.52. The summed E-state index contributed by atoms with van der Waals surface area (Å²) in [5.74, 6) is 0. The number of carbonyl (C=O) groups excluding carboxylic acids is 1. The zero-order chi connectivity index (χ0) is 15.0. The third kappa shape index (κ3) is 6.99. The summed E-state index contributed by atoms with van der Waals surface area (Å²) in [5, 5.41) is 9.38. The smallest absolute Gasteiger partial charge is 0.411 e. The first kappa shape index (κ1) is 16.3. The van der Waals surface area contributed by atoms with Crippen molar-refractivity contribution in [3.8, 4) is 0 Å². The van der Waals surface area contributed by atoms with Gasteiger partial charge in [0.1, 0.15) is 0 Å². The second-order valence-corrected chi connectivity index (χ2v) is 5.53. The van der Waals surface area contributed by atoms with Crippen molar-refractivity contribution in [1.82, 2.24) is 5.32 Å². The maximum Gasteiger partial charge on any atom is 0.411 e. The second-order valence-electron chi connectivity index (χ2n) is 5.53. The van der Waals surface area contributed by atoms with Crippen molar-refractivity contribution < 1.29 is 9.53 Å². The van der Waals surface area contributed by atoms with E-state index in [1.807, 2.05) is 24.3 Å². The minimum Gasteiger partial charge on any atom is -0.450 e. The molecule has 1 rings (SSSR count). The molecule has 0 aliphatic heterocycles. The number of amides is 1. The van der Waals surface area contributed by atoms with Crippen molar-refractivity contribution in [3.63, 3.8) is 0 Å². The maximum absolute atomic E-state index is 11.2. The summed E-state index contributed by atoms with van der Waals surface area (Å²) in [6, 6.07) is 7.55. The van der Waals surface area contributed by atoms with Crippen LogP contribution in [0.4, 0.5) is 16.2 Å². The molecule has 0 spiro atoms. The Morgan fingerprint density at radius 3 is 2.25 bits per heavy atom. The second kappa shape index (κ2) is 7.75. The summed E-state index contributed by atoms with van der Waals surface area (Å²) in [6.07, 6.45) is -0.428. The van der Waals surface area contributed by atoms with Gasteiger partial charge < -0.3 is 15.4 Å². The number of ether oxygens (including phenoxy) is 1. The summed E-state index contributed by atoms with van der Waals surface area (Å²) < 4.78 is 4.81. The quantitative estimate of drug-likeness (QED) is 0.700. The molecule has 0 saturated heterocycles. The highest BCUT2D eigenvalue weighted by Gasteiger charge is 2.07. The lowest BCUT2D eigenvalue weighted by atomic mass is 10.1. The number of carbonyl (C=O) groups is 1. The molecule has 0 saturated carbocycles. The first-order valence-corrected chi connectivity index (χ1v) is 6.93. The van der Waals surface area contributed by atoms with Gasteiger partial charge in [-0.2, -0.15) is 0 Å². The van der Waals surface area contributed by atoms with E-state index in [4.69, 9.17) is 4.74 Å². The van der Waals surface area contributed by atoms with E-state index in [0.717, 1.165) is 24.5 Å². The lowest BCUT2D eigenvalue weighted by Gasteiger charge is -2.20. The standard InChI is InChI=1S/C15H25N3O2/c1-5-20-14(19)18-13-8-6-12(7-9-13)16-10-11-17-15(2,3)4/h6-9,16-17H,5,10-11H2,1-4H3,(H,18,19). The number of anilines is 2. The van der Waals surface area contributed by atoms with Crippen LogP contribution in [0.2, 0.25) is 0 Å². The van der Waals surface area contributed by atoms with Crippen LogP contribution in [0.15, 0.2) is 24.3 Å². The van der Waals surface area contributed by atoms with Gasteiger partial charge >= 0.3 is 6.09 Å². The molecule has 0 unspecified atom stereocenters. The minimum absolute atomic E-state index is 0.134. The van der Waals surface area contributed by atoms with E-state index in [9.17, 15) is 4.79 Å². The van der Waals surface area contributed by atoms with Gasteiger partial charge in [0, 0.05) is 30.0 Å². The Balaban J connectivity index is 2.33. The number of hydrogen-bond acceptors (Lipinski definition) is 4. The Morgan fingerprint density at radius 2 is 1.70 bits per heavy atom. The molecule has 3 N–H and O–H groups in total. The van der Waals surface area contributed by atoms with Gasteiger partial charge in [-0.3, -0.25) is 5.32 Å². The number of nitrogens with one attached hydrogen (secondary N) is 3. The predicted octanol–water partition coefficient (Wildman–Crippen LogP) is 3.06. The van der Waals surface area contributed by atoms with Crippen molar-refractivity contribution in [3.05, 3.63) is 24.3 Å². The van der Waals surface area contributed by atoms with E-state index in [1.165, 1.54) is 0 Å². The Kier molecular flexibility index (Phi) is 6.31. The predicted molar refractivity (Wildman–Crippen MR) is 83.3 cm³/mol. The van der Waals surface area contributed by atoms with Gasteiger partial charge in [0.15, 0.2) is 0 Å². The van der Waals surface area contributed by atoms with Crippen molar-refractivity contribution in [2.75, 3.05) is 30.3 Å². The van der Waals surface area contributed by atoms with Crippen LogP contribution >= 0.6 is 0 Å². The van der Waals surface area contributed by atoms with Crippen molar-refractivity contribution >= 4 is 17.5 Å². The third-order valence-corrected chi connectivity index (χ3v) is 2.52. The summed E-state index contributed by atoms with van der Waals surface area (Å²) in [5.41, 5.74) is 1.88. The molecule has 0 radical (unpaired) electrons. The molecule has 0 fully saturated rings. The van der Waals surface area contributed by atoms with Gasteiger partial charge in [-0.05, 0) is 52.0 Å². The summed E-state index contributed by atoms with van der Waals surface area (Å²) >= 11 is 0. The molecule has 0 aliphatic carbocycles. The molecule has 0 atom stereocenters. The van der Waals surface area contributed by atoms with Crippen LogP contribution in [0.25, 0.3) is 0 Å². The monoisotopic (exact) mass is 279 g/mol. The van der Waals surface area contributed by atoms with E-state index in [2.05, 4.69) is 36.7 Å². The van der Waals surface area contributed by atoms with Gasteiger partial charge in [0.2, 0.25) is 0 Å². The zero-order valence-corrected chi connectivity index (χ0v) is 12.7. The molecule has 0 bridgehead atoms. The molecule has 112 valence electrons. The van der Waals surface area contributed by atoms with E-state index >= 15 is 0 Å². The summed E-state index contributed by atoms with van der Waals surface area (Å²) in [4.78, 5) is 11.2. The van der Waals surface area contributed by atoms with E-state index in [-0.39, 0.29) is 5.54 Å². The van der Waals surface area contributed by atoms with E-state index in [0.29, 0.717) is 6.61 Å². The van der Waals surface area contributed by atoms with Crippen LogP contribution in [-0.2, 0) is 4.74 Å². The zero-order valence-electron chi connectivity index (χ0n) is 12.7. The molecule has 0 aromatic heterocycles.